The van der Waals surface area contributed by atoms with Crippen molar-refractivity contribution in [2.24, 2.45) is 11.8 Å². The van der Waals surface area contributed by atoms with Crippen LogP contribution in [0.1, 0.15) is 45.2 Å². The summed E-state index contributed by atoms with van der Waals surface area (Å²) in [7, 11) is 0. The van der Waals surface area contributed by atoms with E-state index in [-0.39, 0.29) is 36.2 Å². The summed E-state index contributed by atoms with van der Waals surface area (Å²) in [5.74, 6) is 0.471. The number of rotatable bonds is 6. The fourth-order valence-electron chi connectivity index (χ4n) is 5.55. The maximum absolute atomic E-state index is 13.8. The average molecular weight is 549 g/mol. The Kier molecular flexibility index (Phi) is 9.85. The van der Waals surface area contributed by atoms with E-state index in [0.29, 0.717) is 44.5 Å². The summed E-state index contributed by atoms with van der Waals surface area (Å²) in [6.07, 6.45) is 0.811. The number of hydrogen-bond acceptors (Lipinski definition) is 5. The molecule has 8 nitrogen and oxygen atoms in total. The monoisotopic (exact) mass is 548 g/mol. The lowest BCUT2D eigenvalue weighted by Gasteiger charge is -2.42. The van der Waals surface area contributed by atoms with Crippen molar-refractivity contribution in [3.05, 3.63) is 59.7 Å². The molecule has 2 aliphatic rings. The van der Waals surface area contributed by atoms with Crippen LogP contribution in [0.4, 0.5) is 5.69 Å². The standard InChI is InChI=1S/C32H44N4O4/c1-23(2)31(38)35-20-27(21-35)32(39)34-18-17-33(24(3)4)15-10-16-36(30-25(5)11-9-12-26(30)19-34)29(37)22-40-28-13-7-6-8-14-28/h6-9,11-14,23-24,27H,10,15-22H2,1-5H3. The summed E-state index contributed by atoms with van der Waals surface area (Å²) < 4.78 is 5.85. The Morgan fingerprint density at radius 3 is 2.27 bits per heavy atom. The minimum atomic E-state index is -0.189. The fourth-order valence-corrected chi connectivity index (χ4v) is 5.55. The summed E-state index contributed by atoms with van der Waals surface area (Å²) in [6.45, 7) is 14.2. The molecule has 2 aromatic carbocycles. The van der Waals surface area contributed by atoms with Crippen molar-refractivity contribution in [2.45, 2.75) is 53.6 Å². The highest BCUT2D eigenvalue weighted by Gasteiger charge is 2.39. The van der Waals surface area contributed by atoms with Gasteiger partial charge >= 0.3 is 0 Å². The number of benzene rings is 2. The van der Waals surface area contributed by atoms with Gasteiger partial charge in [0.05, 0.1) is 11.6 Å². The lowest BCUT2D eigenvalue weighted by atomic mass is 9.96. The second kappa shape index (κ2) is 13.3. The summed E-state index contributed by atoms with van der Waals surface area (Å²) in [6, 6.07) is 15.7. The van der Waals surface area contributed by atoms with E-state index >= 15 is 0 Å². The van der Waals surface area contributed by atoms with Gasteiger partial charge in [-0.05, 0) is 50.5 Å². The van der Waals surface area contributed by atoms with Crippen molar-refractivity contribution in [3.63, 3.8) is 0 Å². The molecular weight excluding hydrogens is 504 g/mol. The molecule has 3 amide bonds. The Bertz CT molecular complexity index is 1180. The Labute approximate surface area is 238 Å². The van der Waals surface area contributed by atoms with Crippen LogP contribution < -0.4 is 9.64 Å². The lowest BCUT2D eigenvalue weighted by molar-refractivity contribution is -0.150. The summed E-state index contributed by atoms with van der Waals surface area (Å²) in [4.78, 5) is 47.8. The maximum Gasteiger partial charge on any atom is 0.264 e. The molecule has 0 unspecified atom stereocenters. The van der Waals surface area contributed by atoms with Gasteiger partial charge in [-0.15, -0.1) is 0 Å². The van der Waals surface area contributed by atoms with Crippen LogP contribution in [-0.4, -0.2) is 84.3 Å². The molecule has 1 saturated heterocycles. The van der Waals surface area contributed by atoms with Crippen LogP contribution in [0.5, 0.6) is 5.75 Å². The zero-order valence-electron chi connectivity index (χ0n) is 24.6. The van der Waals surface area contributed by atoms with Gasteiger partial charge in [0, 0.05) is 57.8 Å². The largest absolute Gasteiger partial charge is 0.484 e. The van der Waals surface area contributed by atoms with Crippen LogP contribution in [0.2, 0.25) is 0 Å². The van der Waals surface area contributed by atoms with Gasteiger partial charge in [0.1, 0.15) is 5.75 Å². The Morgan fingerprint density at radius 2 is 1.60 bits per heavy atom. The summed E-state index contributed by atoms with van der Waals surface area (Å²) in [5.41, 5.74) is 2.81. The fraction of sp³-hybridized carbons (Fsp3) is 0.531. The molecule has 1 fully saturated rings. The predicted octanol–water partition coefficient (Wildman–Crippen LogP) is 3.96. The third-order valence-corrected chi connectivity index (χ3v) is 7.92. The molecule has 0 atom stereocenters. The molecule has 8 heteroatoms. The van der Waals surface area contributed by atoms with E-state index in [0.717, 1.165) is 36.3 Å². The van der Waals surface area contributed by atoms with E-state index in [9.17, 15) is 14.4 Å². The molecule has 2 aliphatic heterocycles. The molecule has 0 radical (unpaired) electrons. The Hall–Kier alpha value is -3.39. The highest BCUT2D eigenvalue weighted by atomic mass is 16.5. The number of carbonyl (C=O) groups excluding carboxylic acids is 3. The first-order valence-electron chi connectivity index (χ1n) is 14.5. The van der Waals surface area contributed by atoms with Gasteiger partial charge in [0.25, 0.3) is 5.91 Å². The van der Waals surface area contributed by atoms with E-state index in [1.54, 1.807) is 4.90 Å². The molecule has 40 heavy (non-hydrogen) atoms. The van der Waals surface area contributed by atoms with Crippen molar-refractivity contribution in [1.82, 2.24) is 14.7 Å². The smallest absolute Gasteiger partial charge is 0.264 e. The van der Waals surface area contributed by atoms with Crippen LogP contribution >= 0.6 is 0 Å². The van der Waals surface area contributed by atoms with E-state index in [1.807, 2.05) is 79.1 Å². The normalized spacial score (nSPS) is 17.3. The van der Waals surface area contributed by atoms with Gasteiger partial charge in [0.2, 0.25) is 11.8 Å². The molecule has 0 saturated carbocycles. The van der Waals surface area contributed by atoms with Gasteiger partial charge in [-0.2, -0.15) is 0 Å². The number of carbonyl (C=O) groups is 3. The molecular formula is C32H44N4O4. The van der Waals surface area contributed by atoms with E-state index < -0.39 is 0 Å². The second-order valence-corrected chi connectivity index (χ2v) is 11.6. The number of para-hydroxylation sites is 2. The van der Waals surface area contributed by atoms with Crippen molar-refractivity contribution in [3.8, 4) is 5.75 Å². The van der Waals surface area contributed by atoms with Crippen LogP contribution in [0.3, 0.4) is 0 Å². The number of likely N-dealkylation sites (tertiary alicyclic amines) is 1. The Morgan fingerprint density at radius 1 is 0.875 bits per heavy atom. The SMILES string of the molecule is Cc1cccc2c1N(C(=O)COc1ccccc1)CCCN(C(C)C)CCN(C(=O)C1CN(C(=O)C(C)C)C1)C2. The number of anilines is 1. The quantitative estimate of drug-likeness (QED) is 0.546. The lowest BCUT2D eigenvalue weighted by Crippen LogP contribution is -2.57. The first-order chi connectivity index (χ1) is 19.2. The molecule has 2 aromatic rings. The van der Waals surface area contributed by atoms with Crippen LogP contribution in [0, 0.1) is 18.8 Å². The van der Waals surface area contributed by atoms with Crippen molar-refractivity contribution >= 4 is 23.4 Å². The summed E-state index contributed by atoms with van der Waals surface area (Å²) in [5, 5.41) is 0. The third kappa shape index (κ3) is 7.02. The predicted molar refractivity (Wildman–Crippen MR) is 157 cm³/mol. The molecule has 4 rings (SSSR count). The van der Waals surface area contributed by atoms with Crippen molar-refractivity contribution in [1.29, 1.82) is 0 Å². The third-order valence-electron chi connectivity index (χ3n) is 7.92. The number of hydrogen-bond donors (Lipinski definition) is 0. The van der Waals surface area contributed by atoms with E-state index in [4.69, 9.17) is 4.74 Å². The zero-order chi connectivity index (χ0) is 28.8. The van der Waals surface area contributed by atoms with Crippen LogP contribution in [-0.2, 0) is 20.9 Å². The first-order valence-corrected chi connectivity index (χ1v) is 14.5. The van der Waals surface area contributed by atoms with Gasteiger partial charge in [-0.25, -0.2) is 0 Å². The highest BCUT2D eigenvalue weighted by molar-refractivity contribution is 5.96. The molecule has 2 heterocycles. The van der Waals surface area contributed by atoms with Gasteiger partial charge in [-0.3, -0.25) is 19.3 Å². The molecule has 0 spiro atoms. The second-order valence-electron chi connectivity index (χ2n) is 11.6. The van der Waals surface area contributed by atoms with Crippen LogP contribution in [0.25, 0.3) is 0 Å². The summed E-state index contributed by atoms with van der Waals surface area (Å²) >= 11 is 0. The number of fused-ring (bicyclic) bond motifs is 1. The van der Waals surface area contributed by atoms with Gasteiger partial charge in [0.15, 0.2) is 6.61 Å². The van der Waals surface area contributed by atoms with E-state index in [1.165, 1.54) is 0 Å². The first kappa shape index (κ1) is 29.6. The highest BCUT2D eigenvalue weighted by Crippen LogP contribution is 2.29. The topological polar surface area (TPSA) is 73.4 Å². The molecule has 0 N–H and O–H groups in total. The van der Waals surface area contributed by atoms with Crippen molar-refractivity contribution < 1.29 is 19.1 Å². The Balaban J connectivity index is 1.60. The van der Waals surface area contributed by atoms with Crippen molar-refractivity contribution in [2.75, 3.05) is 50.8 Å². The van der Waals surface area contributed by atoms with E-state index in [2.05, 4.69) is 18.7 Å². The number of ether oxygens (including phenoxy) is 1. The van der Waals surface area contributed by atoms with Crippen LogP contribution in [0.15, 0.2) is 48.5 Å². The molecule has 0 bridgehead atoms. The molecule has 0 aliphatic carbocycles. The minimum Gasteiger partial charge on any atom is -0.484 e. The van der Waals surface area contributed by atoms with Gasteiger partial charge in [-0.1, -0.05) is 50.2 Å². The number of amides is 3. The molecule has 0 aromatic heterocycles. The minimum absolute atomic E-state index is 0.0594. The molecule has 216 valence electrons. The zero-order valence-corrected chi connectivity index (χ0v) is 24.6. The average Bonchev–Trinajstić information content (AvgIpc) is 2.94. The maximum atomic E-state index is 13.8. The number of aryl methyl sites for hydroxylation is 1. The number of nitrogens with zero attached hydrogens (tertiary/aromatic N) is 4. The van der Waals surface area contributed by atoms with Gasteiger partial charge < -0.3 is 19.4 Å².